The SMILES string of the molecule is Cc1ccc(Cn2cc(C=NNC(N)=S)c3ccccc32)cc1. The van der Waals surface area contributed by atoms with Crippen LogP contribution in [0.1, 0.15) is 16.7 Å². The van der Waals surface area contributed by atoms with Gasteiger partial charge < -0.3 is 10.3 Å². The highest BCUT2D eigenvalue weighted by Gasteiger charge is 2.07. The molecule has 0 radical (unpaired) electrons. The molecule has 0 amide bonds. The Balaban J connectivity index is 1.95. The lowest BCUT2D eigenvalue weighted by Crippen LogP contribution is -2.23. The van der Waals surface area contributed by atoms with E-state index in [2.05, 4.69) is 64.6 Å². The second kappa shape index (κ2) is 6.62. The minimum absolute atomic E-state index is 0.157. The lowest BCUT2D eigenvalue weighted by Gasteiger charge is -2.06. The molecule has 3 aromatic rings. The van der Waals surface area contributed by atoms with Gasteiger partial charge >= 0.3 is 0 Å². The second-order valence-electron chi connectivity index (χ2n) is 5.45. The predicted octanol–water partition coefficient (Wildman–Crippen LogP) is 3.17. The summed E-state index contributed by atoms with van der Waals surface area (Å²) in [6.07, 6.45) is 3.84. The fraction of sp³-hybridized carbons (Fsp3) is 0.111. The molecule has 116 valence electrons. The van der Waals surface area contributed by atoms with Crippen LogP contribution in [0, 0.1) is 6.92 Å². The van der Waals surface area contributed by atoms with Gasteiger partial charge in [-0.2, -0.15) is 5.10 Å². The first-order valence-electron chi connectivity index (χ1n) is 7.35. The van der Waals surface area contributed by atoms with Crippen molar-refractivity contribution in [2.75, 3.05) is 0 Å². The molecule has 3 rings (SSSR count). The van der Waals surface area contributed by atoms with Gasteiger partial charge in [0.05, 0.1) is 6.21 Å². The largest absolute Gasteiger partial charge is 0.375 e. The number of rotatable bonds is 4. The third-order valence-corrected chi connectivity index (χ3v) is 3.76. The molecular weight excluding hydrogens is 304 g/mol. The van der Waals surface area contributed by atoms with Gasteiger partial charge in [0.25, 0.3) is 0 Å². The lowest BCUT2D eigenvalue weighted by molar-refractivity contribution is 0.836. The number of nitrogens with two attached hydrogens (primary N) is 1. The summed E-state index contributed by atoms with van der Waals surface area (Å²) in [5.41, 5.74) is 12.7. The van der Waals surface area contributed by atoms with Gasteiger partial charge in [0.1, 0.15) is 0 Å². The number of hydrogen-bond donors (Lipinski definition) is 2. The quantitative estimate of drug-likeness (QED) is 0.441. The van der Waals surface area contributed by atoms with Crippen LogP contribution in [-0.2, 0) is 6.54 Å². The first kappa shape index (κ1) is 15.2. The zero-order chi connectivity index (χ0) is 16.2. The van der Waals surface area contributed by atoms with Gasteiger partial charge in [-0.25, -0.2) is 0 Å². The average molecular weight is 322 g/mol. The summed E-state index contributed by atoms with van der Waals surface area (Å²) in [5, 5.41) is 5.37. The van der Waals surface area contributed by atoms with Crippen molar-refractivity contribution >= 4 is 34.4 Å². The molecule has 0 unspecified atom stereocenters. The normalized spacial score (nSPS) is 11.2. The summed E-state index contributed by atoms with van der Waals surface area (Å²) in [7, 11) is 0. The van der Waals surface area contributed by atoms with Gasteiger partial charge in [0, 0.05) is 29.2 Å². The molecule has 5 heteroatoms. The van der Waals surface area contributed by atoms with Crippen molar-refractivity contribution in [3.63, 3.8) is 0 Å². The number of hydrazone groups is 1. The number of para-hydroxylation sites is 1. The molecule has 0 aliphatic carbocycles. The van der Waals surface area contributed by atoms with E-state index >= 15 is 0 Å². The molecule has 0 bridgehead atoms. The summed E-state index contributed by atoms with van der Waals surface area (Å²) < 4.78 is 2.22. The minimum Gasteiger partial charge on any atom is -0.375 e. The zero-order valence-electron chi connectivity index (χ0n) is 12.9. The van der Waals surface area contributed by atoms with Crippen molar-refractivity contribution in [2.24, 2.45) is 10.8 Å². The molecule has 1 heterocycles. The maximum absolute atomic E-state index is 5.39. The minimum atomic E-state index is 0.157. The van der Waals surface area contributed by atoms with E-state index in [1.165, 1.54) is 16.6 Å². The van der Waals surface area contributed by atoms with Crippen LogP contribution in [0.5, 0.6) is 0 Å². The van der Waals surface area contributed by atoms with E-state index < -0.39 is 0 Å². The molecule has 23 heavy (non-hydrogen) atoms. The summed E-state index contributed by atoms with van der Waals surface area (Å²) in [6, 6.07) is 16.9. The highest BCUT2D eigenvalue weighted by molar-refractivity contribution is 7.80. The molecule has 0 atom stereocenters. The van der Waals surface area contributed by atoms with Gasteiger partial charge in [-0.3, -0.25) is 5.43 Å². The van der Waals surface area contributed by atoms with Crippen molar-refractivity contribution in [2.45, 2.75) is 13.5 Å². The Labute approximate surface area is 140 Å². The van der Waals surface area contributed by atoms with Crippen molar-refractivity contribution < 1.29 is 0 Å². The summed E-state index contributed by atoms with van der Waals surface area (Å²) in [4.78, 5) is 0. The van der Waals surface area contributed by atoms with Crippen molar-refractivity contribution in [3.8, 4) is 0 Å². The number of nitrogens with zero attached hydrogens (tertiary/aromatic N) is 2. The third-order valence-electron chi connectivity index (χ3n) is 3.67. The van der Waals surface area contributed by atoms with E-state index in [0.717, 1.165) is 17.5 Å². The van der Waals surface area contributed by atoms with Crippen LogP contribution in [-0.4, -0.2) is 15.9 Å². The lowest BCUT2D eigenvalue weighted by atomic mass is 10.1. The van der Waals surface area contributed by atoms with Crippen LogP contribution < -0.4 is 11.2 Å². The molecule has 0 aliphatic rings. The predicted molar refractivity (Wildman–Crippen MR) is 99.7 cm³/mol. The molecule has 0 fully saturated rings. The van der Waals surface area contributed by atoms with Crippen LogP contribution in [0.2, 0.25) is 0 Å². The van der Waals surface area contributed by atoms with Gasteiger partial charge in [-0.05, 0) is 30.8 Å². The standard InChI is InChI=1S/C18H18N4S/c1-13-6-8-14(9-7-13)11-22-12-15(10-20-21-18(19)23)16-4-2-3-5-17(16)22/h2-10,12H,11H2,1H3,(H3,19,21,23). The van der Waals surface area contributed by atoms with Crippen LogP contribution in [0.3, 0.4) is 0 Å². The molecule has 0 saturated carbocycles. The molecule has 0 saturated heterocycles. The Morgan fingerprint density at radius 1 is 1.22 bits per heavy atom. The van der Waals surface area contributed by atoms with Crippen LogP contribution in [0.4, 0.5) is 0 Å². The summed E-state index contributed by atoms with van der Waals surface area (Å²) in [5.74, 6) is 0. The van der Waals surface area contributed by atoms with Gasteiger partial charge in [-0.15, -0.1) is 0 Å². The average Bonchev–Trinajstić information content (AvgIpc) is 2.88. The monoisotopic (exact) mass is 322 g/mol. The molecule has 0 spiro atoms. The second-order valence-corrected chi connectivity index (χ2v) is 5.89. The number of hydrogen-bond acceptors (Lipinski definition) is 2. The fourth-order valence-corrected chi connectivity index (χ4v) is 2.62. The van der Waals surface area contributed by atoms with Crippen molar-refractivity contribution in [3.05, 3.63) is 71.4 Å². The van der Waals surface area contributed by atoms with Crippen molar-refractivity contribution in [1.29, 1.82) is 0 Å². The maximum Gasteiger partial charge on any atom is 0.184 e. The van der Waals surface area contributed by atoms with Crippen LogP contribution in [0.15, 0.2) is 59.8 Å². The first-order chi connectivity index (χ1) is 11.1. The van der Waals surface area contributed by atoms with Gasteiger partial charge in [0.15, 0.2) is 5.11 Å². The van der Waals surface area contributed by atoms with E-state index in [1.807, 2.05) is 12.1 Å². The number of fused-ring (bicyclic) bond motifs is 1. The summed E-state index contributed by atoms with van der Waals surface area (Å²) >= 11 is 4.76. The molecule has 3 N–H and O–H groups in total. The maximum atomic E-state index is 5.39. The number of aryl methyl sites for hydroxylation is 1. The van der Waals surface area contributed by atoms with E-state index in [0.29, 0.717) is 0 Å². The highest BCUT2D eigenvalue weighted by atomic mass is 32.1. The van der Waals surface area contributed by atoms with Crippen LogP contribution in [0.25, 0.3) is 10.9 Å². The fourth-order valence-electron chi connectivity index (χ4n) is 2.56. The third kappa shape index (κ3) is 3.57. The number of thiocarbonyl (C=S) groups is 1. The first-order valence-corrected chi connectivity index (χ1v) is 7.76. The topological polar surface area (TPSA) is 55.3 Å². The van der Waals surface area contributed by atoms with E-state index in [-0.39, 0.29) is 5.11 Å². The van der Waals surface area contributed by atoms with E-state index in [9.17, 15) is 0 Å². The van der Waals surface area contributed by atoms with Gasteiger partial charge in [0.2, 0.25) is 0 Å². The molecule has 0 aliphatic heterocycles. The molecule has 1 aromatic heterocycles. The van der Waals surface area contributed by atoms with E-state index in [4.69, 9.17) is 18.0 Å². The van der Waals surface area contributed by atoms with Crippen LogP contribution >= 0.6 is 12.2 Å². The van der Waals surface area contributed by atoms with E-state index in [1.54, 1.807) is 6.21 Å². The molecule has 4 nitrogen and oxygen atoms in total. The summed E-state index contributed by atoms with van der Waals surface area (Å²) in [6.45, 7) is 2.91. The number of benzene rings is 2. The zero-order valence-corrected chi connectivity index (χ0v) is 13.7. The highest BCUT2D eigenvalue weighted by Crippen LogP contribution is 2.21. The molecule has 2 aromatic carbocycles. The smallest absolute Gasteiger partial charge is 0.184 e. The Bertz CT molecular complexity index is 862. The Morgan fingerprint density at radius 3 is 2.70 bits per heavy atom. The van der Waals surface area contributed by atoms with Crippen molar-refractivity contribution in [1.82, 2.24) is 9.99 Å². The Kier molecular flexibility index (Phi) is 4.39. The Hall–Kier alpha value is -2.66. The Morgan fingerprint density at radius 2 is 1.96 bits per heavy atom. The number of aromatic nitrogens is 1. The molecular formula is C18H18N4S. The number of nitrogens with one attached hydrogen (secondary N) is 1. The van der Waals surface area contributed by atoms with Gasteiger partial charge in [-0.1, -0.05) is 48.0 Å².